The van der Waals surface area contributed by atoms with Crippen molar-refractivity contribution >= 4 is 34.7 Å². The molecule has 0 aromatic heterocycles. The molecule has 6 nitrogen and oxygen atoms in total. The Morgan fingerprint density at radius 2 is 1.89 bits per heavy atom. The fourth-order valence-corrected chi connectivity index (χ4v) is 4.86. The molecule has 3 aromatic carbocycles. The fourth-order valence-electron chi connectivity index (χ4n) is 4.68. The van der Waals surface area contributed by atoms with Gasteiger partial charge in [0.1, 0.15) is 23.4 Å². The molecule has 2 aliphatic heterocycles. The van der Waals surface area contributed by atoms with Crippen molar-refractivity contribution in [3.63, 3.8) is 0 Å². The summed E-state index contributed by atoms with van der Waals surface area (Å²) >= 11 is 6.20. The molecule has 178 valence electrons. The van der Waals surface area contributed by atoms with Crippen molar-refractivity contribution in [1.29, 1.82) is 0 Å². The number of ketones is 1. The van der Waals surface area contributed by atoms with Crippen LogP contribution in [-0.4, -0.2) is 29.5 Å². The van der Waals surface area contributed by atoms with Crippen LogP contribution in [0, 0.1) is 0 Å². The van der Waals surface area contributed by atoms with Gasteiger partial charge in [0.05, 0.1) is 18.2 Å². The molecule has 0 spiro atoms. The zero-order valence-corrected chi connectivity index (χ0v) is 20.1. The first-order valence-electron chi connectivity index (χ1n) is 11.5. The first-order chi connectivity index (χ1) is 16.9. The van der Waals surface area contributed by atoms with Crippen LogP contribution in [0.5, 0.6) is 11.5 Å². The summed E-state index contributed by atoms with van der Waals surface area (Å²) in [6.07, 6.45) is 0.745. The van der Waals surface area contributed by atoms with E-state index in [1.54, 1.807) is 60.7 Å². The van der Waals surface area contributed by atoms with Gasteiger partial charge in [-0.05, 0) is 73.5 Å². The average Bonchev–Trinajstić information content (AvgIpc) is 3.35. The van der Waals surface area contributed by atoms with E-state index in [0.29, 0.717) is 40.6 Å². The van der Waals surface area contributed by atoms with Crippen molar-refractivity contribution in [1.82, 2.24) is 0 Å². The number of carbonyl (C=O) groups excluding carboxylic acids is 2. The van der Waals surface area contributed by atoms with Crippen LogP contribution in [0.3, 0.4) is 0 Å². The number of nitrogens with zero attached hydrogens (tertiary/aromatic N) is 1. The van der Waals surface area contributed by atoms with Crippen LogP contribution in [0.1, 0.15) is 36.6 Å². The highest BCUT2D eigenvalue weighted by Gasteiger charge is 2.47. The first kappa shape index (κ1) is 23.0. The molecule has 0 aliphatic carbocycles. The zero-order valence-electron chi connectivity index (χ0n) is 19.3. The Bertz CT molecular complexity index is 1350. The topological polar surface area (TPSA) is 76.1 Å². The summed E-state index contributed by atoms with van der Waals surface area (Å²) in [6.45, 7) is 4.38. The smallest absolute Gasteiger partial charge is 0.300 e. The van der Waals surface area contributed by atoms with Gasteiger partial charge >= 0.3 is 0 Å². The van der Waals surface area contributed by atoms with E-state index >= 15 is 0 Å². The Morgan fingerprint density at radius 1 is 1.11 bits per heavy atom. The predicted octanol–water partition coefficient (Wildman–Crippen LogP) is 5.69. The SMILES string of the molecule is CCOc1ccc(C2/C(=C(/O)c3ccc4c(c3)CC(C)O4)C(=O)C(=O)N2c2cccc(Cl)c2)cc1. The van der Waals surface area contributed by atoms with E-state index in [0.717, 1.165) is 11.3 Å². The van der Waals surface area contributed by atoms with Gasteiger partial charge in [0.25, 0.3) is 11.7 Å². The first-order valence-corrected chi connectivity index (χ1v) is 11.8. The number of hydrogen-bond donors (Lipinski definition) is 1. The minimum absolute atomic E-state index is 0.0195. The molecule has 0 bridgehead atoms. The Balaban J connectivity index is 1.67. The molecule has 0 radical (unpaired) electrons. The summed E-state index contributed by atoms with van der Waals surface area (Å²) in [5, 5.41) is 11.8. The molecule has 5 rings (SSSR count). The quantitative estimate of drug-likeness (QED) is 0.283. The highest BCUT2D eigenvalue weighted by Crippen LogP contribution is 2.43. The van der Waals surface area contributed by atoms with E-state index in [9.17, 15) is 14.7 Å². The van der Waals surface area contributed by atoms with Gasteiger partial charge in [-0.3, -0.25) is 14.5 Å². The third-order valence-electron chi connectivity index (χ3n) is 6.21. The maximum Gasteiger partial charge on any atom is 0.300 e. The Labute approximate surface area is 208 Å². The second kappa shape index (κ2) is 9.12. The van der Waals surface area contributed by atoms with Crippen molar-refractivity contribution < 1.29 is 24.2 Å². The fraction of sp³-hybridized carbons (Fsp3) is 0.214. The predicted molar refractivity (Wildman–Crippen MR) is 134 cm³/mol. The van der Waals surface area contributed by atoms with E-state index in [2.05, 4.69) is 0 Å². The number of hydrogen-bond acceptors (Lipinski definition) is 5. The van der Waals surface area contributed by atoms with Gasteiger partial charge in [0, 0.05) is 22.7 Å². The highest BCUT2D eigenvalue weighted by atomic mass is 35.5. The van der Waals surface area contributed by atoms with Crippen molar-refractivity contribution in [2.45, 2.75) is 32.4 Å². The zero-order chi connectivity index (χ0) is 24.7. The van der Waals surface area contributed by atoms with Gasteiger partial charge in [0.2, 0.25) is 0 Å². The summed E-state index contributed by atoms with van der Waals surface area (Å²) in [4.78, 5) is 28.0. The Kier molecular flexibility index (Phi) is 5.99. The van der Waals surface area contributed by atoms with E-state index in [-0.39, 0.29) is 17.4 Å². The number of carbonyl (C=O) groups is 2. The lowest BCUT2D eigenvalue weighted by Gasteiger charge is -2.25. The number of Topliss-reactive ketones (excluding diaryl/α,β-unsaturated/α-hetero) is 1. The minimum atomic E-state index is -0.840. The molecule has 2 atom stereocenters. The lowest BCUT2D eigenvalue weighted by molar-refractivity contribution is -0.132. The van der Waals surface area contributed by atoms with Gasteiger partial charge in [-0.1, -0.05) is 29.8 Å². The molecular weight excluding hydrogens is 466 g/mol. The van der Waals surface area contributed by atoms with E-state index < -0.39 is 17.7 Å². The van der Waals surface area contributed by atoms with Gasteiger partial charge in [-0.2, -0.15) is 0 Å². The van der Waals surface area contributed by atoms with E-state index in [1.165, 1.54) is 4.90 Å². The number of anilines is 1. The van der Waals surface area contributed by atoms with E-state index in [1.807, 2.05) is 19.9 Å². The monoisotopic (exact) mass is 489 g/mol. The largest absolute Gasteiger partial charge is 0.507 e. The minimum Gasteiger partial charge on any atom is -0.507 e. The van der Waals surface area contributed by atoms with Crippen LogP contribution in [-0.2, 0) is 16.0 Å². The summed E-state index contributed by atoms with van der Waals surface area (Å²) in [5.74, 6) is -0.286. The normalized spacial score (nSPS) is 20.6. The number of aliphatic hydroxyl groups is 1. The lowest BCUT2D eigenvalue weighted by atomic mass is 9.94. The van der Waals surface area contributed by atoms with Crippen LogP contribution in [0.25, 0.3) is 5.76 Å². The molecule has 7 heteroatoms. The van der Waals surface area contributed by atoms with Gasteiger partial charge in [0.15, 0.2) is 0 Å². The number of halogens is 1. The van der Waals surface area contributed by atoms with Crippen molar-refractivity contribution in [2.75, 3.05) is 11.5 Å². The molecule has 1 fully saturated rings. The van der Waals surface area contributed by atoms with E-state index in [4.69, 9.17) is 21.1 Å². The van der Waals surface area contributed by atoms with Crippen molar-refractivity contribution in [3.8, 4) is 11.5 Å². The van der Waals surface area contributed by atoms with Gasteiger partial charge in [-0.25, -0.2) is 0 Å². The molecule has 1 saturated heterocycles. The molecule has 1 N–H and O–H groups in total. The second-order valence-corrected chi connectivity index (χ2v) is 9.04. The number of amides is 1. The molecule has 2 aliphatic rings. The molecule has 3 aromatic rings. The molecular formula is C28H24ClNO5. The van der Waals surface area contributed by atoms with Crippen LogP contribution in [0.2, 0.25) is 5.02 Å². The van der Waals surface area contributed by atoms with Crippen LogP contribution in [0.4, 0.5) is 5.69 Å². The maximum atomic E-state index is 13.3. The highest BCUT2D eigenvalue weighted by molar-refractivity contribution is 6.51. The summed E-state index contributed by atoms with van der Waals surface area (Å²) in [5.41, 5.74) is 2.55. The van der Waals surface area contributed by atoms with Crippen LogP contribution in [0.15, 0.2) is 72.3 Å². The van der Waals surface area contributed by atoms with Crippen molar-refractivity contribution in [2.24, 2.45) is 0 Å². The third kappa shape index (κ3) is 4.15. The summed E-state index contributed by atoms with van der Waals surface area (Å²) in [6, 6.07) is 18.4. The van der Waals surface area contributed by atoms with Gasteiger partial charge in [-0.15, -0.1) is 0 Å². The molecule has 2 unspecified atom stereocenters. The Morgan fingerprint density at radius 3 is 2.60 bits per heavy atom. The second-order valence-electron chi connectivity index (χ2n) is 8.61. The summed E-state index contributed by atoms with van der Waals surface area (Å²) < 4.78 is 11.3. The number of benzene rings is 3. The molecule has 2 heterocycles. The lowest BCUT2D eigenvalue weighted by Crippen LogP contribution is -2.29. The standard InChI is InChI=1S/C28H24ClNO5/c1-3-34-22-10-7-17(8-11-22)25-24(26(31)18-9-12-23-19(14-18)13-16(2)35-23)27(32)28(33)30(25)21-6-4-5-20(29)15-21/h4-12,14-16,25,31H,3,13H2,1-2H3/b26-24-. The van der Waals surface area contributed by atoms with Gasteiger partial charge < -0.3 is 14.6 Å². The molecule has 1 amide bonds. The van der Waals surface area contributed by atoms with Crippen LogP contribution >= 0.6 is 11.6 Å². The third-order valence-corrected chi connectivity index (χ3v) is 6.44. The molecule has 0 saturated carbocycles. The maximum absolute atomic E-state index is 13.3. The number of ether oxygens (including phenoxy) is 2. The number of fused-ring (bicyclic) bond motifs is 1. The molecule has 35 heavy (non-hydrogen) atoms. The number of rotatable bonds is 5. The average molecular weight is 490 g/mol. The van der Waals surface area contributed by atoms with Crippen molar-refractivity contribution in [3.05, 3.63) is 94.0 Å². The Hall–Kier alpha value is -3.77. The number of aliphatic hydroxyl groups excluding tert-OH is 1. The summed E-state index contributed by atoms with van der Waals surface area (Å²) in [7, 11) is 0. The van der Waals surface area contributed by atoms with Crippen LogP contribution < -0.4 is 14.4 Å².